The SMILES string of the molecule is O=C(COc1ccc(NC(=O)C2CC2)cn1)NCc1ccc2c(c1)OCO2. The second kappa shape index (κ2) is 7.53. The lowest BCUT2D eigenvalue weighted by Crippen LogP contribution is -2.28. The van der Waals surface area contributed by atoms with Crippen LogP contribution in [0.4, 0.5) is 5.69 Å². The van der Waals surface area contributed by atoms with Crippen molar-refractivity contribution in [3.05, 3.63) is 42.1 Å². The van der Waals surface area contributed by atoms with Gasteiger partial charge in [-0.15, -0.1) is 0 Å². The second-order valence-electron chi connectivity index (χ2n) is 6.40. The summed E-state index contributed by atoms with van der Waals surface area (Å²) in [7, 11) is 0. The third-order valence-corrected chi connectivity index (χ3v) is 4.23. The molecule has 0 spiro atoms. The molecule has 0 unspecified atom stereocenters. The van der Waals surface area contributed by atoms with Crippen LogP contribution < -0.4 is 24.8 Å². The van der Waals surface area contributed by atoms with Crippen molar-refractivity contribution in [1.82, 2.24) is 10.3 Å². The largest absolute Gasteiger partial charge is 0.468 e. The number of rotatable bonds is 7. The van der Waals surface area contributed by atoms with Crippen LogP contribution in [-0.4, -0.2) is 30.2 Å². The molecule has 2 amide bonds. The van der Waals surface area contributed by atoms with Gasteiger partial charge in [-0.3, -0.25) is 9.59 Å². The highest BCUT2D eigenvalue weighted by Gasteiger charge is 2.29. The zero-order chi connectivity index (χ0) is 18.6. The number of pyridine rings is 1. The predicted molar refractivity (Wildman–Crippen MR) is 95.5 cm³/mol. The first-order valence-corrected chi connectivity index (χ1v) is 8.72. The van der Waals surface area contributed by atoms with Crippen molar-refractivity contribution in [2.75, 3.05) is 18.7 Å². The Bertz CT molecular complexity index is 849. The Balaban J connectivity index is 1.21. The van der Waals surface area contributed by atoms with E-state index in [9.17, 15) is 9.59 Å². The maximum Gasteiger partial charge on any atom is 0.258 e. The Labute approximate surface area is 155 Å². The van der Waals surface area contributed by atoms with E-state index in [4.69, 9.17) is 14.2 Å². The molecule has 2 N–H and O–H groups in total. The van der Waals surface area contributed by atoms with E-state index in [1.807, 2.05) is 18.2 Å². The average molecular weight is 369 g/mol. The molecule has 4 rings (SSSR count). The molecule has 1 saturated carbocycles. The van der Waals surface area contributed by atoms with Gasteiger partial charge in [0.15, 0.2) is 18.1 Å². The molecule has 140 valence electrons. The molecule has 2 aliphatic rings. The molecule has 27 heavy (non-hydrogen) atoms. The third-order valence-electron chi connectivity index (χ3n) is 4.23. The summed E-state index contributed by atoms with van der Waals surface area (Å²) in [6.45, 7) is 0.429. The van der Waals surface area contributed by atoms with Crippen molar-refractivity contribution in [3.63, 3.8) is 0 Å². The number of hydrogen-bond donors (Lipinski definition) is 2. The highest BCUT2D eigenvalue weighted by atomic mass is 16.7. The maximum absolute atomic E-state index is 11.9. The van der Waals surface area contributed by atoms with E-state index < -0.39 is 0 Å². The number of nitrogens with zero attached hydrogens (tertiary/aromatic N) is 1. The van der Waals surface area contributed by atoms with Crippen molar-refractivity contribution in [1.29, 1.82) is 0 Å². The first kappa shape index (κ1) is 17.1. The summed E-state index contributed by atoms with van der Waals surface area (Å²) in [5.74, 6) is 1.59. The molecular formula is C19H19N3O5. The Morgan fingerprint density at radius 3 is 2.78 bits per heavy atom. The van der Waals surface area contributed by atoms with Crippen molar-refractivity contribution in [2.45, 2.75) is 19.4 Å². The Morgan fingerprint density at radius 2 is 2.00 bits per heavy atom. The van der Waals surface area contributed by atoms with E-state index in [1.165, 1.54) is 6.20 Å². The van der Waals surface area contributed by atoms with Crippen LogP contribution in [0.15, 0.2) is 36.5 Å². The Hall–Kier alpha value is -3.29. The summed E-state index contributed by atoms with van der Waals surface area (Å²) in [6.07, 6.45) is 3.41. The molecule has 8 nitrogen and oxygen atoms in total. The highest BCUT2D eigenvalue weighted by molar-refractivity contribution is 5.93. The van der Waals surface area contributed by atoms with E-state index in [0.717, 1.165) is 18.4 Å². The van der Waals surface area contributed by atoms with E-state index in [-0.39, 0.29) is 31.1 Å². The van der Waals surface area contributed by atoms with Gasteiger partial charge in [-0.2, -0.15) is 0 Å². The lowest BCUT2D eigenvalue weighted by atomic mass is 10.2. The number of aromatic nitrogens is 1. The average Bonchev–Trinajstić information content (AvgIpc) is 3.44. The van der Waals surface area contributed by atoms with E-state index in [1.54, 1.807) is 12.1 Å². The highest BCUT2D eigenvalue weighted by Crippen LogP contribution is 2.32. The number of carbonyl (C=O) groups is 2. The molecular weight excluding hydrogens is 350 g/mol. The minimum absolute atomic E-state index is 0.0216. The second-order valence-corrected chi connectivity index (χ2v) is 6.40. The van der Waals surface area contributed by atoms with Crippen LogP contribution in [0.5, 0.6) is 17.4 Å². The molecule has 0 atom stereocenters. The minimum Gasteiger partial charge on any atom is -0.468 e. The van der Waals surface area contributed by atoms with E-state index in [2.05, 4.69) is 15.6 Å². The molecule has 1 aliphatic heterocycles. The van der Waals surface area contributed by atoms with Gasteiger partial charge in [-0.25, -0.2) is 4.98 Å². The van der Waals surface area contributed by atoms with Crippen molar-refractivity contribution in [2.24, 2.45) is 5.92 Å². The van der Waals surface area contributed by atoms with Crippen molar-refractivity contribution >= 4 is 17.5 Å². The predicted octanol–water partition coefficient (Wildman–Crippen LogP) is 1.85. The molecule has 2 aromatic rings. The van der Waals surface area contributed by atoms with Crippen LogP contribution in [0, 0.1) is 5.92 Å². The summed E-state index contributed by atoms with van der Waals surface area (Å²) < 4.78 is 15.9. The van der Waals surface area contributed by atoms with Crippen LogP contribution in [0.25, 0.3) is 0 Å². The molecule has 1 aromatic carbocycles. The van der Waals surface area contributed by atoms with Crippen molar-refractivity contribution in [3.8, 4) is 17.4 Å². The lowest BCUT2D eigenvalue weighted by Gasteiger charge is -2.08. The maximum atomic E-state index is 11.9. The lowest BCUT2D eigenvalue weighted by molar-refractivity contribution is -0.123. The number of fused-ring (bicyclic) bond motifs is 1. The molecule has 1 aromatic heterocycles. The molecule has 0 saturated heterocycles. The number of amides is 2. The quantitative estimate of drug-likeness (QED) is 0.773. The fourth-order valence-corrected chi connectivity index (χ4v) is 2.57. The van der Waals surface area contributed by atoms with Gasteiger partial charge in [0.25, 0.3) is 5.91 Å². The van der Waals surface area contributed by atoms with Crippen LogP contribution in [0.1, 0.15) is 18.4 Å². The molecule has 1 aliphatic carbocycles. The monoisotopic (exact) mass is 369 g/mol. The number of hydrogen-bond acceptors (Lipinski definition) is 6. The molecule has 2 heterocycles. The van der Waals surface area contributed by atoms with Gasteiger partial charge in [0.05, 0.1) is 11.9 Å². The summed E-state index contributed by atoms with van der Waals surface area (Å²) >= 11 is 0. The minimum atomic E-state index is -0.263. The summed E-state index contributed by atoms with van der Waals surface area (Å²) in [4.78, 5) is 27.7. The Morgan fingerprint density at radius 1 is 1.15 bits per heavy atom. The molecule has 8 heteroatoms. The molecule has 0 bridgehead atoms. The van der Waals surface area contributed by atoms with Gasteiger partial charge >= 0.3 is 0 Å². The zero-order valence-corrected chi connectivity index (χ0v) is 14.6. The number of anilines is 1. The normalized spacial score (nSPS) is 14.5. The summed E-state index contributed by atoms with van der Waals surface area (Å²) in [5, 5.41) is 5.57. The van der Waals surface area contributed by atoms with Gasteiger partial charge < -0.3 is 24.8 Å². The number of benzene rings is 1. The summed E-state index contributed by atoms with van der Waals surface area (Å²) in [5.41, 5.74) is 1.52. The fourth-order valence-electron chi connectivity index (χ4n) is 2.57. The number of nitrogens with one attached hydrogen (secondary N) is 2. The van der Waals surface area contributed by atoms with Gasteiger partial charge in [0.1, 0.15) is 0 Å². The smallest absolute Gasteiger partial charge is 0.258 e. The topological polar surface area (TPSA) is 98.8 Å². The fraction of sp³-hybridized carbons (Fsp3) is 0.316. The zero-order valence-electron chi connectivity index (χ0n) is 14.6. The standard InChI is InChI=1S/C19H19N3O5/c23-17(20-8-12-1-5-15-16(7-12)27-11-26-15)10-25-18-6-4-14(9-21-18)22-19(24)13-2-3-13/h1,4-7,9,13H,2-3,8,10-11H2,(H,20,23)(H,22,24). The number of carbonyl (C=O) groups excluding carboxylic acids is 2. The first-order valence-electron chi connectivity index (χ1n) is 8.72. The van der Waals surface area contributed by atoms with Gasteiger partial charge in [-0.05, 0) is 36.6 Å². The Kier molecular flexibility index (Phi) is 4.78. The van der Waals surface area contributed by atoms with Crippen LogP contribution in [-0.2, 0) is 16.1 Å². The first-order chi connectivity index (χ1) is 13.2. The molecule has 1 fully saturated rings. The summed E-state index contributed by atoms with van der Waals surface area (Å²) in [6, 6.07) is 8.83. The molecule has 0 radical (unpaired) electrons. The van der Waals surface area contributed by atoms with Crippen LogP contribution in [0.2, 0.25) is 0 Å². The van der Waals surface area contributed by atoms with E-state index in [0.29, 0.717) is 29.6 Å². The van der Waals surface area contributed by atoms with E-state index >= 15 is 0 Å². The van der Waals surface area contributed by atoms with Gasteiger partial charge in [-0.1, -0.05) is 6.07 Å². The van der Waals surface area contributed by atoms with Gasteiger partial charge in [0.2, 0.25) is 18.6 Å². The van der Waals surface area contributed by atoms with Crippen LogP contribution >= 0.6 is 0 Å². The van der Waals surface area contributed by atoms with Crippen LogP contribution in [0.3, 0.4) is 0 Å². The third kappa shape index (κ3) is 4.46. The van der Waals surface area contributed by atoms with Gasteiger partial charge in [0, 0.05) is 18.5 Å². The number of ether oxygens (including phenoxy) is 3. The van der Waals surface area contributed by atoms with Crippen molar-refractivity contribution < 1.29 is 23.8 Å².